The summed E-state index contributed by atoms with van der Waals surface area (Å²) in [7, 11) is 2.02. The molecule has 2 aliphatic rings. The van der Waals surface area contributed by atoms with Gasteiger partial charge in [0.05, 0.1) is 0 Å². The van der Waals surface area contributed by atoms with Crippen LogP contribution in [0.15, 0.2) is 0 Å². The fraction of sp³-hybridized carbons (Fsp3) is 0.909. The van der Waals surface area contributed by atoms with Gasteiger partial charge >= 0.3 is 0 Å². The Morgan fingerprint density at radius 2 is 1.75 bits per heavy atom. The summed E-state index contributed by atoms with van der Waals surface area (Å²) in [6.07, 6.45) is 1.12. The van der Waals surface area contributed by atoms with Gasteiger partial charge in [0, 0.05) is 39.3 Å². The first-order valence-corrected chi connectivity index (χ1v) is 6.03. The molecule has 0 saturated carbocycles. The van der Waals surface area contributed by atoms with Crippen molar-refractivity contribution in [3.8, 4) is 0 Å². The number of piperidine rings is 1. The molecule has 2 rings (SSSR count). The Kier molecular flexibility index (Phi) is 3.47. The molecule has 2 saturated heterocycles. The fourth-order valence-corrected chi connectivity index (χ4v) is 2.36. The molecule has 1 amide bonds. The van der Waals surface area contributed by atoms with Gasteiger partial charge in [-0.2, -0.15) is 0 Å². The van der Waals surface area contributed by atoms with E-state index in [2.05, 4.69) is 10.2 Å². The average molecular weight is 227 g/mol. The molecule has 5 heteroatoms. The van der Waals surface area contributed by atoms with Crippen LogP contribution in [-0.2, 0) is 4.79 Å². The monoisotopic (exact) mass is 227 g/mol. The van der Waals surface area contributed by atoms with Crippen molar-refractivity contribution in [2.45, 2.75) is 18.4 Å². The van der Waals surface area contributed by atoms with Gasteiger partial charge in [0.15, 0.2) is 0 Å². The van der Waals surface area contributed by atoms with E-state index in [0.29, 0.717) is 12.8 Å². The molecule has 0 spiro atoms. The summed E-state index contributed by atoms with van der Waals surface area (Å²) in [4.78, 5) is 16.2. The van der Waals surface area contributed by atoms with Crippen LogP contribution in [0.25, 0.3) is 0 Å². The van der Waals surface area contributed by atoms with Crippen LogP contribution in [0, 0.1) is 0 Å². The average Bonchev–Trinajstić information content (AvgIpc) is 2.33. The number of nitrogens with one attached hydrogen (secondary N) is 1. The van der Waals surface area contributed by atoms with Gasteiger partial charge in [0.1, 0.15) is 5.60 Å². The van der Waals surface area contributed by atoms with Crippen LogP contribution in [0.1, 0.15) is 12.8 Å². The van der Waals surface area contributed by atoms with Gasteiger partial charge in [0.25, 0.3) is 5.91 Å². The van der Waals surface area contributed by atoms with Gasteiger partial charge in [-0.1, -0.05) is 0 Å². The molecule has 5 nitrogen and oxygen atoms in total. The van der Waals surface area contributed by atoms with Crippen LogP contribution in [0.3, 0.4) is 0 Å². The molecule has 0 unspecified atom stereocenters. The largest absolute Gasteiger partial charge is 0.380 e. The molecule has 0 atom stereocenters. The number of piperazine rings is 1. The maximum absolute atomic E-state index is 12.2. The van der Waals surface area contributed by atoms with Gasteiger partial charge in [-0.3, -0.25) is 4.79 Å². The smallest absolute Gasteiger partial charge is 0.254 e. The van der Waals surface area contributed by atoms with E-state index in [1.54, 1.807) is 4.90 Å². The van der Waals surface area contributed by atoms with Crippen molar-refractivity contribution < 1.29 is 9.90 Å². The molecule has 92 valence electrons. The number of likely N-dealkylation sites (tertiary alicyclic amines) is 1. The van der Waals surface area contributed by atoms with Crippen molar-refractivity contribution in [2.75, 3.05) is 46.3 Å². The molecule has 0 aromatic carbocycles. The molecule has 0 aromatic rings. The second kappa shape index (κ2) is 4.69. The Bertz CT molecular complexity index is 256. The van der Waals surface area contributed by atoms with E-state index < -0.39 is 5.60 Å². The van der Waals surface area contributed by atoms with E-state index in [-0.39, 0.29) is 5.91 Å². The number of carbonyl (C=O) groups is 1. The van der Waals surface area contributed by atoms with E-state index >= 15 is 0 Å². The molecule has 0 bridgehead atoms. The normalized spacial score (nSPS) is 26.8. The highest BCUT2D eigenvalue weighted by molar-refractivity contribution is 5.85. The fourth-order valence-electron chi connectivity index (χ4n) is 2.36. The molecule has 2 aliphatic heterocycles. The number of hydrogen-bond donors (Lipinski definition) is 2. The topological polar surface area (TPSA) is 55.8 Å². The summed E-state index contributed by atoms with van der Waals surface area (Å²) in [5.41, 5.74) is -1.11. The van der Waals surface area contributed by atoms with Gasteiger partial charge in [-0.25, -0.2) is 0 Å². The van der Waals surface area contributed by atoms with Crippen LogP contribution in [0.4, 0.5) is 0 Å². The second-order valence-corrected chi connectivity index (χ2v) is 4.88. The quantitative estimate of drug-likeness (QED) is 0.595. The highest BCUT2D eigenvalue weighted by Gasteiger charge is 2.41. The second-order valence-electron chi connectivity index (χ2n) is 4.88. The minimum atomic E-state index is -1.11. The zero-order valence-electron chi connectivity index (χ0n) is 9.91. The molecular formula is C11H21N3O2. The summed E-state index contributed by atoms with van der Waals surface area (Å²) < 4.78 is 0. The predicted octanol–water partition coefficient (Wildman–Crippen LogP) is -1.13. The SMILES string of the molecule is CN1CCC(O)(C(=O)N2CCNCC2)CC1. The van der Waals surface area contributed by atoms with Crippen LogP contribution in [0.2, 0.25) is 0 Å². The third-order valence-corrected chi connectivity index (χ3v) is 3.62. The number of rotatable bonds is 1. The first-order valence-electron chi connectivity index (χ1n) is 6.03. The molecular weight excluding hydrogens is 206 g/mol. The first-order chi connectivity index (χ1) is 7.62. The Balaban J connectivity index is 1.96. The van der Waals surface area contributed by atoms with Gasteiger partial charge in [-0.15, -0.1) is 0 Å². The van der Waals surface area contributed by atoms with E-state index in [1.165, 1.54) is 0 Å². The lowest BCUT2D eigenvalue weighted by Crippen LogP contribution is -2.58. The van der Waals surface area contributed by atoms with Crippen molar-refractivity contribution in [3.05, 3.63) is 0 Å². The van der Waals surface area contributed by atoms with Crippen molar-refractivity contribution in [1.29, 1.82) is 0 Å². The van der Waals surface area contributed by atoms with Crippen molar-refractivity contribution >= 4 is 5.91 Å². The Labute approximate surface area is 96.4 Å². The molecule has 0 radical (unpaired) electrons. The van der Waals surface area contributed by atoms with E-state index in [9.17, 15) is 9.90 Å². The number of hydrogen-bond acceptors (Lipinski definition) is 4. The highest BCUT2D eigenvalue weighted by atomic mass is 16.3. The predicted molar refractivity (Wildman–Crippen MR) is 61.1 cm³/mol. The zero-order valence-corrected chi connectivity index (χ0v) is 9.91. The molecule has 16 heavy (non-hydrogen) atoms. The minimum absolute atomic E-state index is 0.0675. The lowest BCUT2D eigenvalue weighted by molar-refractivity contribution is -0.156. The number of nitrogens with zero attached hydrogens (tertiary/aromatic N) is 2. The molecule has 2 N–H and O–H groups in total. The summed E-state index contributed by atoms with van der Waals surface area (Å²) in [6, 6.07) is 0. The van der Waals surface area contributed by atoms with Crippen LogP contribution >= 0.6 is 0 Å². The standard InChI is InChI=1S/C11H21N3O2/c1-13-6-2-11(16,3-7-13)10(15)14-8-4-12-5-9-14/h12,16H,2-9H2,1H3. The van der Waals surface area contributed by atoms with Crippen LogP contribution in [0.5, 0.6) is 0 Å². The van der Waals surface area contributed by atoms with E-state index in [1.807, 2.05) is 7.05 Å². The lowest BCUT2D eigenvalue weighted by atomic mass is 9.90. The highest BCUT2D eigenvalue weighted by Crippen LogP contribution is 2.24. The Morgan fingerprint density at radius 3 is 2.31 bits per heavy atom. The third kappa shape index (κ3) is 2.36. The Hall–Kier alpha value is -0.650. The van der Waals surface area contributed by atoms with Gasteiger partial charge < -0.3 is 20.2 Å². The summed E-state index contributed by atoms with van der Waals surface area (Å²) in [6.45, 7) is 4.71. The summed E-state index contributed by atoms with van der Waals surface area (Å²) >= 11 is 0. The number of carbonyl (C=O) groups excluding carboxylic acids is 1. The molecule has 0 aromatic heterocycles. The van der Waals surface area contributed by atoms with Gasteiger partial charge in [-0.05, 0) is 19.9 Å². The third-order valence-electron chi connectivity index (χ3n) is 3.62. The van der Waals surface area contributed by atoms with Crippen LogP contribution < -0.4 is 5.32 Å². The van der Waals surface area contributed by atoms with Crippen molar-refractivity contribution in [2.24, 2.45) is 0 Å². The van der Waals surface area contributed by atoms with Crippen molar-refractivity contribution in [3.63, 3.8) is 0 Å². The first kappa shape index (κ1) is 11.8. The molecule has 2 fully saturated rings. The van der Waals surface area contributed by atoms with E-state index in [0.717, 1.165) is 39.3 Å². The molecule has 0 aliphatic carbocycles. The lowest BCUT2D eigenvalue weighted by Gasteiger charge is -2.39. The van der Waals surface area contributed by atoms with E-state index in [4.69, 9.17) is 0 Å². The Morgan fingerprint density at radius 1 is 1.19 bits per heavy atom. The summed E-state index contributed by atoms with van der Waals surface area (Å²) in [5, 5.41) is 13.6. The number of aliphatic hydroxyl groups is 1. The van der Waals surface area contributed by atoms with Crippen molar-refractivity contribution in [1.82, 2.24) is 15.1 Å². The maximum atomic E-state index is 12.2. The zero-order chi connectivity index (χ0) is 11.6. The maximum Gasteiger partial charge on any atom is 0.254 e. The molecule has 2 heterocycles. The number of amides is 1. The van der Waals surface area contributed by atoms with Gasteiger partial charge in [0.2, 0.25) is 0 Å². The minimum Gasteiger partial charge on any atom is -0.380 e. The summed E-state index contributed by atoms with van der Waals surface area (Å²) in [5.74, 6) is -0.0675. The van der Waals surface area contributed by atoms with Crippen LogP contribution in [-0.4, -0.2) is 72.7 Å².